The van der Waals surface area contributed by atoms with Crippen molar-refractivity contribution in [3.05, 3.63) is 12.4 Å². The molecule has 1 aliphatic rings. The van der Waals surface area contributed by atoms with E-state index < -0.39 is 0 Å². The average Bonchev–Trinajstić information content (AvgIpc) is 2.41. The molecule has 1 aliphatic carbocycles. The van der Waals surface area contributed by atoms with Gasteiger partial charge in [0.05, 0.1) is 12.4 Å². The number of aromatic nitrogens is 3. The predicted molar refractivity (Wildman–Crippen MR) is 67.6 cm³/mol. The molecular formula is C12H19N5O. The number of nitrogens with zero attached hydrogens (tertiary/aromatic N) is 3. The van der Waals surface area contributed by atoms with Gasteiger partial charge in [0.2, 0.25) is 11.9 Å². The molecule has 1 heterocycles. The first-order chi connectivity index (χ1) is 8.74. The first kappa shape index (κ1) is 12.9. The highest BCUT2D eigenvalue weighted by Gasteiger charge is 2.33. The summed E-state index contributed by atoms with van der Waals surface area (Å²) >= 11 is 0. The molecule has 18 heavy (non-hydrogen) atoms. The Balaban J connectivity index is 1.93. The second kappa shape index (κ2) is 5.86. The van der Waals surface area contributed by atoms with E-state index in [2.05, 4.69) is 20.5 Å². The molecule has 0 saturated heterocycles. The van der Waals surface area contributed by atoms with Crippen LogP contribution in [0.15, 0.2) is 12.4 Å². The molecule has 1 saturated carbocycles. The Hall–Kier alpha value is -1.56. The molecule has 3 N–H and O–H groups in total. The lowest BCUT2D eigenvalue weighted by molar-refractivity contribution is -0.118. The third-order valence-corrected chi connectivity index (χ3v) is 3.62. The summed E-state index contributed by atoms with van der Waals surface area (Å²) in [6, 6.07) is 0. The van der Waals surface area contributed by atoms with E-state index in [1.807, 2.05) is 0 Å². The third-order valence-electron chi connectivity index (χ3n) is 3.62. The number of carbonyl (C=O) groups excluding carboxylic acids is 1. The van der Waals surface area contributed by atoms with Crippen LogP contribution in [0.1, 0.15) is 38.5 Å². The number of nitrogens with one attached hydrogen (secondary N) is 1. The Labute approximate surface area is 106 Å². The largest absolute Gasteiger partial charge is 0.330 e. The van der Waals surface area contributed by atoms with Crippen molar-refractivity contribution < 1.29 is 4.79 Å². The molecule has 0 radical (unpaired) electrons. The summed E-state index contributed by atoms with van der Waals surface area (Å²) in [6.07, 6.45) is 9.05. The van der Waals surface area contributed by atoms with E-state index in [9.17, 15) is 4.79 Å². The zero-order valence-corrected chi connectivity index (χ0v) is 10.4. The van der Waals surface area contributed by atoms with E-state index in [-0.39, 0.29) is 17.3 Å². The predicted octanol–water partition coefficient (Wildman–Crippen LogP) is 1.11. The summed E-state index contributed by atoms with van der Waals surface area (Å²) in [6.45, 7) is 0.564. The molecule has 0 atom stereocenters. The molecule has 98 valence electrons. The fraction of sp³-hybridized carbons (Fsp3) is 0.667. The maximum atomic E-state index is 12.0. The number of anilines is 1. The molecule has 1 amide bonds. The van der Waals surface area contributed by atoms with Crippen molar-refractivity contribution in [2.24, 2.45) is 11.1 Å². The van der Waals surface area contributed by atoms with Gasteiger partial charge in [0.1, 0.15) is 0 Å². The summed E-state index contributed by atoms with van der Waals surface area (Å²) in [4.78, 5) is 15.9. The molecule has 0 aliphatic heterocycles. The van der Waals surface area contributed by atoms with Crippen molar-refractivity contribution in [2.45, 2.75) is 38.5 Å². The highest BCUT2D eigenvalue weighted by Crippen LogP contribution is 2.38. The Morgan fingerprint density at radius 1 is 1.33 bits per heavy atom. The van der Waals surface area contributed by atoms with Crippen LogP contribution >= 0.6 is 0 Å². The van der Waals surface area contributed by atoms with Gasteiger partial charge in [-0.05, 0) is 24.8 Å². The van der Waals surface area contributed by atoms with E-state index in [0.29, 0.717) is 13.0 Å². The molecule has 2 rings (SSSR count). The highest BCUT2D eigenvalue weighted by atomic mass is 16.1. The fourth-order valence-corrected chi connectivity index (χ4v) is 2.57. The monoisotopic (exact) mass is 249 g/mol. The van der Waals surface area contributed by atoms with E-state index in [0.717, 1.165) is 25.7 Å². The Morgan fingerprint density at radius 2 is 2.11 bits per heavy atom. The number of hydrogen-bond acceptors (Lipinski definition) is 5. The summed E-state index contributed by atoms with van der Waals surface area (Å²) in [5.41, 5.74) is 5.82. The van der Waals surface area contributed by atoms with E-state index >= 15 is 0 Å². The highest BCUT2D eigenvalue weighted by molar-refractivity contribution is 5.89. The van der Waals surface area contributed by atoms with Gasteiger partial charge in [-0.15, -0.1) is 5.10 Å². The Kier molecular flexibility index (Phi) is 4.19. The number of amides is 1. The van der Waals surface area contributed by atoms with Gasteiger partial charge in [0, 0.05) is 6.42 Å². The SMILES string of the molecule is NCC1(CC(=O)Nc2nccnn2)CCCCC1. The topological polar surface area (TPSA) is 93.8 Å². The molecule has 6 heteroatoms. The van der Waals surface area contributed by atoms with Crippen LogP contribution in [0.25, 0.3) is 0 Å². The van der Waals surface area contributed by atoms with Crippen molar-refractivity contribution in [3.8, 4) is 0 Å². The zero-order valence-electron chi connectivity index (χ0n) is 10.4. The van der Waals surface area contributed by atoms with E-state index in [1.165, 1.54) is 18.8 Å². The molecule has 0 aromatic carbocycles. The maximum Gasteiger partial charge on any atom is 0.249 e. The van der Waals surface area contributed by atoms with Crippen LogP contribution < -0.4 is 11.1 Å². The van der Waals surface area contributed by atoms with Crippen molar-refractivity contribution in [3.63, 3.8) is 0 Å². The summed E-state index contributed by atoms with van der Waals surface area (Å²) in [5, 5.41) is 10.1. The number of hydrogen-bond donors (Lipinski definition) is 2. The van der Waals surface area contributed by atoms with Crippen LogP contribution in [0, 0.1) is 5.41 Å². The quantitative estimate of drug-likeness (QED) is 0.833. The molecule has 0 unspecified atom stereocenters. The van der Waals surface area contributed by atoms with Crippen LogP contribution in [0.5, 0.6) is 0 Å². The summed E-state index contributed by atoms with van der Waals surface area (Å²) in [5.74, 6) is 0.181. The lowest BCUT2D eigenvalue weighted by atomic mass is 9.72. The first-order valence-corrected chi connectivity index (χ1v) is 6.38. The first-order valence-electron chi connectivity index (χ1n) is 6.38. The second-order valence-electron chi connectivity index (χ2n) is 4.96. The molecule has 1 aromatic heterocycles. The van der Waals surface area contributed by atoms with Crippen molar-refractivity contribution in [1.82, 2.24) is 15.2 Å². The molecule has 6 nitrogen and oxygen atoms in total. The third kappa shape index (κ3) is 3.22. The normalized spacial score (nSPS) is 18.3. The minimum absolute atomic E-state index is 0.0372. The van der Waals surface area contributed by atoms with Crippen LogP contribution in [0.3, 0.4) is 0 Å². The Bertz CT molecular complexity index is 389. The number of rotatable bonds is 4. The van der Waals surface area contributed by atoms with Crippen molar-refractivity contribution >= 4 is 11.9 Å². The number of nitrogens with two attached hydrogens (primary N) is 1. The zero-order chi connectivity index (χ0) is 12.8. The van der Waals surface area contributed by atoms with Gasteiger partial charge in [-0.25, -0.2) is 4.98 Å². The maximum absolute atomic E-state index is 12.0. The molecular weight excluding hydrogens is 230 g/mol. The molecule has 1 aromatic rings. The van der Waals surface area contributed by atoms with Crippen LogP contribution in [0.4, 0.5) is 5.95 Å². The summed E-state index contributed by atoms with van der Waals surface area (Å²) < 4.78 is 0. The fourth-order valence-electron chi connectivity index (χ4n) is 2.57. The smallest absolute Gasteiger partial charge is 0.249 e. The lowest BCUT2D eigenvalue weighted by Crippen LogP contribution is -2.36. The Morgan fingerprint density at radius 3 is 2.72 bits per heavy atom. The average molecular weight is 249 g/mol. The van der Waals surface area contributed by atoms with Gasteiger partial charge in [0.25, 0.3) is 0 Å². The van der Waals surface area contributed by atoms with Gasteiger partial charge >= 0.3 is 0 Å². The van der Waals surface area contributed by atoms with Crippen LogP contribution in [-0.4, -0.2) is 27.6 Å². The lowest BCUT2D eigenvalue weighted by Gasteiger charge is -2.35. The molecule has 0 spiro atoms. The molecule has 0 bridgehead atoms. The minimum Gasteiger partial charge on any atom is -0.330 e. The van der Waals surface area contributed by atoms with Gasteiger partial charge in [0.15, 0.2) is 0 Å². The van der Waals surface area contributed by atoms with Gasteiger partial charge < -0.3 is 5.73 Å². The van der Waals surface area contributed by atoms with Gasteiger partial charge in [-0.3, -0.25) is 10.1 Å². The van der Waals surface area contributed by atoms with Crippen LogP contribution in [0.2, 0.25) is 0 Å². The van der Waals surface area contributed by atoms with E-state index in [4.69, 9.17) is 5.73 Å². The van der Waals surface area contributed by atoms with Crippen LogP contribution in [-0.2, 0) is 4.79 Å². The standard InChI is InChI=1S/C12H19N5O/c13-9-12(4-2-1-3-5-12)8-10(18)16-11-14-6-7-15-17-11/h6-7H,1-5,8-9,13H2,(H,14,16,17,18). The van der Waals surface area contributed by atoms with E-state index in [1.54, 1.807) is 0 Å². The second-order valence-corrected chi connectivity index (χ2v) is 4.96. The number of carbonyl (C=O) groups is 1. The van der Waals surface area contributed by atoms with Gasteiger partial charge in [-0.1, -0.05) is 19.3 Å². The van der Waals surface area contributed by atoms with Crippen molar-refractivity contribution in [1.29, 1.82) is 0 Å². The minimum atomic E-state index is -0.0737. The summed E-state index contributed by atoms with van der Waals surface area (Å²) in [7, 11) is 0. The van der Waals surface area contributed by atoms with Crippen molar-refractivity contribution in [2.75, 3.05) is 11.9 Å². The van der Waals surface area contributed by atoms with Gasteiger partial charge in [-0.2, -0.15) is 5.10 Å². The molecule has 1 fully saturated rings.